The number of nitrogens with one attached hydrogen (secondary N) is 1. The van der Waals surface area contributed by atoms with Gasteiger partial charge in [0.25, 0.3) is 5.56 Å². The van der Waals surface area contributed by atoms with Crippen LogP contribution in [-0.4, -0.2) is 4.98 Å². The molecule has 0 amide bonds. The number of aromatic amines is 1. The number of pyridine rings is 1. The molecule has 2 rings (SSSR count). The van der Waals surface area contributed by atoms with Crippen molar-refractivity contribution in [3.63, 3.8) is 0 Å². The van der Waals surface area contributed by atoms with Crippen molar-refractivity contribution in [2.75, 3.05) is 5.73 Å². The fourth-order valence-electron chi connectivity index (χ4n) is 2.08. The largest absolute Gasteiger partial charge is 0.397 e. The van der Waals surface area contributed by atoms with Gasteiger partial charge in [-0.1, -0.05) is 25.5 Å². The first-order valence-corrected chi connectivity index (χ1v) is 6.19. The van der Waals surface area contributed by atoms with E-state index < -0.39 is 5.82 Å². The van der Waals surface area contributed by atoms with Crippen LogP contribution < -0.4 is 11.3 Å². The summed E-state index contributed by atoms with van der Waals surface area (Å²) in [7, 11) is 0. The maximum atomic E-state index is 13.8. The Labute approximate surface area is 111 Å². The van der Waals surface area contributed by atoms with E-state index in [1.165, 1.54) is 6.07 Å². The molecule has 0 radical (unpaired) electrons. The van der Waals surface area contributed by atoms with Gasteiger partial charge in [0.2, 0.25) is 0 Å². The highest BCUT2D eigenvalue weighted by atomic mass is 19.1. The lowest BCUT2D eigenvalue weighted by atomic mass is 10.0. The van der Waals surface area contributed by atoms with Crippen molar-refractivity contribution < 1.29 is 4.39 Å². The second-order valence-electron chi connectivity index (χ2n) is 5.02. The zero-order valence-corrected chi connectivity index (χ0v) is 11.3. The van der Waals surface area contributed by atoms with Crippen LogP contribution in [0.4, 0.5) is 10.1 Å². The van der Waals surface area contributed by atoms with Gasteiger partial charge in [-0.2, -0.15) is 0 Å². The summed E-state index contributed by atoms with van der Waals surface area (Å²) in [5.74, 6) is -0.308. The van der Waals surface area contributed by atoms with Gasteiger partial charge < -0.3 is 10.7 Å². The molecule has 1 aromatic carbocycles. The minimum Gasteiger partial charge on any atom is -0.397 e. The van der Waals surface area contributed by atoms with Crippen molar-refractivity contribution in [1.82, 2.24) is 4.98 Å². The quantitative estimate of drug-likeness (QED) is 0.871. The highest BCUT2D eigenvalue weighted by Crippen LogP contribution is 2.25. The summed E-state index contributed by atoms with van der Waals surface area (Å²) in [6.45, 7) is 5.73. The van der Waals surface area contributed by atoms with E-state index in [0.29, 0.717) is 11.4 Å². The van der Waals surface area contributed by atoms with Gasteiger partial charge in [0.1, 0.15) is 5.82 Å². The molecule has 0 spiro atoms. The van der Waals surface area contributed by atoms with Crippen LogP contribution in [0.25, 0.3) is 11.1 Å². The fraction of sp³-hybridized carbons (Fsp3) is 0.267. The van der Waals surface area contributed by atoms with Crippen LogP contribution >= 0.6 is 0 Å². The third kappa shape index (κ3) is 2.52. The van der Waals surface area contributed by atoms with E-state index in [1.807, 2.05) is 20.8 Å². The average molecular weight is 260 g/mol. The summed E-state index contributed by atoms with van der Waals surface area (Å²) < 4.78 is 13.8. The van der Waals surface area contributed by atoms with E-state index in [9.17, 15) is 9.18 Å². The molecule has 2 aromatic rings. The van der Waals surface area contributed by atoms with Gasteiger partial charge in [0.15, 0.2) is 0 Å². The topological polar surface area (TPSA) is 58.9 Å². The molecule has 19 heavy (non-hydrogen) atoms. The van der Waals surface area contributed by atoms with Gasteiger partial charge >= 0.3 is 0 Å². The molecule has 0 unspecified atom stereocenters. The van der Waals surface area contributed by atoms with Gasteiger partial charge in [-0.15, -0.1) is 0 Å². The molecule has 0 aliphatic rings. The first-order valence-electron chi connectivity index (χ1n) is 6.19. The summed E-state index contributed by atoms with van der Waals surface area (Å²) in [6.07, 6.45) is 0. The Hall–Kier alpha value is -2.10. The first-order chi connectivity index (χ1) is 8.90. The number of rotatable bonds is 2. The maximum Gasteiger partial charge on any atom is 0.256 e. The summed E-state index contributed by atoms with van der Waals surface area (Å²) in [4.78, 5) is 14.8. The molecule has 0 bridgehead atoms. The third-order valence-corrected chi connectivity index (χ3v) is 3.09. The molecule has 4 heteroatoms. The van der Waals surface area contributed by atoms with Crippen LogP contribution in [0, 0.1) is 12.7 Å². The molecule has 0 saturated heterocycles. The zero-order chi connectivity index (χ0) is 14.2. The van der Waals surface area contributed by atoms with Crippen molar-refractivity contribution in [2.24, 2.45) is 0 Å². The molecule has 1 heterocycles. The third-order valence-electron chi connectivity index (χ3n) is 3.09. The predicted molar refractivity (Wildman–Crippen MR) is 75.7 cm³/mol. The maximum absolute atomic E-state index is 13.8. The van der Waals surface area contributed by atoms with Gasteiger partial charge in [-0.25, -0.2) is 4.39 Å². The van der Waals surface area contributed by atoms with Gasteiger partial charge in [-0.05, 0) is 31.0 Å². The predicted octanol–water partition coefficient (Wildman–Crippen LogP) is 3.20. The van der Waals surface area contributed by atoms with Gasteiger partial charge in [-0.3, -0.25) is 4.79 Å². The monoisotopic (exact) mass is 260 g/mol. The second-order valence-corrected chi connectivity index (χ2v) is 5.02. The van der Waals surface area contributed by atoms with Crippen LogP contribution in [0.15, 0.2) is 29.1 Å². The van der Waals surface area contributed by atoms with E-state index in [1.54, 1.807) is 18.2 Å². The molecule has 0 aliphatic heterocycles. The Morgan fingerprint density at radius 2 is 1.89 bits per heavy atom. The molecule has 0 saturated carbocycles. The number of hydrogen-bond acceptors (Lipinski definition) is 2. The summed E-state index contributed by atoms with van der Waals surface area (Å²) in [5.41, 5.74) is 8.20. The number of anilines is 1. The average Bonchev–Trinajstić information content (AvgIpc) is 2.34. The number of halogens is 1. The normalized spacial score (nSPS) is 11.0. The van der Waals surface area contributed by atoms with E-state index in [4.69, 9.17) is 5.73 Å². The molecule has 0 atom stereocenters. The van der Waals surface area contributed by atoms with Gasteiger partial charge in [0.05, 0.1) is 11.3 Å². The number of H-pyrrole nitrogens is 1. The van der Waals surface area contributed by atoms with Crippen molar-refractivity contribution in [2.45, 2.75) is 26.7 Å². The molecule has 100 valence electrons. The Bertz CT molecular complexity index is 674. The van der Waals surface area contributed by atoms with Crippen LogP contribution in [0.5, 0.6) is 0 Å². The second kappa shape index (κ2) is 4.88. The minimum atomic E-state index is -0.423. The Balaban J connectivity index is 2.67. The van der Waals surface area contributed by atoms with E-state index in [2.05, 4.69) is 4.98 Å². The van der Waals surface area contributed by atoms with Crippen molar-refractivity contribution in [3.05, 3.63) is 51.7 Å². The van der Waals surface area contributed by atoms with Crippen molar-refractivity contribution in [1.29, 1.82) is 0 Å². The highest BCUT2D eigenvalue weighted by Gasteiger charge is 2.13. The molecule has 1 aromatic heterocycles. The van der Waals surface area contributed by atoms with Crippen LogP contribution in [0.1, 0.15) is 31.0 Å². The van der Waals surface area contributed by atoms with Crippen LogP contribution in [0.2, 0.25) is 0 Å². The lowest BCUT2D eigenvalue weighted by Gasteiger charge is -2.11. The smallest absolute Gasteiger partial charge is 0.256 e. The fourth-order valence-corrected chi connectivity index (χ4v) is 2.08. The SMILES string of the molecule is Cc1ccc(F)c(-c2cc(N)c(C(C)C)[nH]c2=O)c1. The van der Waals surface area contributed by atoms with Crippen LogP contribution in [0.3, 0.4) is 0 Å². The first kappa shape index (κ1) is 13.3. The lowest BCUT2D eigenvalue weighted by molar-refractivity contribution is 0.630. The molecule has 3 N–H and O–H groups in total. The van der Waals surface area contributed by atoms with Crippen molar-refractivity contribution in [3.8, 4) is 11.1 Å². The number of aromatic nitrogens is 1. The number of benzene rings is 1. The van der Waals surface area contributed by atoms with E-state index >= 15 is 0 Å². The molecule has 0 aliphatic carbocycles. The van der Waals surface area contributed by atoms with Gasteiger partial charge in [0, 0.05) is 11.3 Å². The number of hydrogen-bond donors (Lipinski definition) is 2. The summed E-state index contributed by atoms with van der Waals surface area (Å²) in [6, 6.07) is 6.22. The summed E-state index contributed by atoms with van der Waals surface area (Å²) in [5, 5.41) is 0. The van der Waals surface area contributed by atoms with E-state index in [-0.39, 0.29) is 22.6 Å². The highest BCUT2D eigenvalue weighted by molar-refractivity contribution is 5.68. The molecular formula is C15H17FN2O. The zero-order valence-electron chi connectivity index (χ0n) is 11.3. The Morgan fingerprint density at radius 3 is 2.53 bits per heavy atom. The standard InChI is InChI=1S/C15H17FN2O/c1-8(2)14-13(17)7-11(15(19)18-14)10-6-9(3)4-5-12(10)16/h4-8H,17H2,1-3H3,(H,18,19). The molecule has 3 nitrogen and oxygen atoms in total. The molecule has 0 fully saturated rings. The van der Waals surface area contributed by atoms with Crippen molar-refractivity contribution >= 4 is 5.69 Å². The minimum absolute atomic E-state index is 0.115. The summed E-state index contributed by atoms with van der Waals surface area (Å²) >= 11 is 0. The number of nitrogen functional groups attached to an aromatic ring is 1. The Kier molecular flexibility index (Phi) is 3.42. The number of aryl methyl sites for hydroxylation is 1. The number of nitrogens with two attached hydrogens (primary N) is 1. The van der Waals surface area contributed by atoms with E-state index in [0.717, 1.165) is 5.56 Å². The van der Waals surface area contributed by atoms with Crippen LogP contribution in [-0.2, 0) is 0 Å². The molecular weight excluding hydrogens is 243 g/mol. The Morgan fingerprint density at radius 1 is 1.21 bits per heavy atom. The lowest BCUT2D eigenvalue weighted by Crippen LogP contribution is -2.15.